The number of nitrogens with one attached hydrogen (secondary N) is 1. The number of non-ortho nitro benzene ring substituents is 1. The van der Waals surface area contributed by atoms with Crippen LogP contribution in [0.15, 0.2) is 18.2 Å². The average Bonchev–Trinajstić information content (AvgIpc) is 2.40. The van der Waals surface area contributed by atoms with E-state index in [1.54, 1.807) is 0 Å². The van der Waals surface area contributed by atoms with Gasteiger partial charge in [0, 0.05) is 34.8 Å². The summed E-state index contributed by atoms with van der Waals surface area (Å²) in [6, 6.07) is 4.15. The van der Waals surface area contributed by atoms with Gasteiger partial charge in [-0.15, -0.1) is 0 Å². The van der Waals surface area contributed by atoms with Gasteiger partial charge < -0.3 is 11.1 Å². The number of nitro benzene ring substituents is 1. The monoisotopic (exact) mass is 297 g/mol. The highest BCUT2D eigenvalue weighted by atomic mass is 35.5. The van der Waals surface area contributed by atoms with E-state index in [9.17, 15) is 14.9 Å². The molecular formula is C13H16ClN3O3. The van der Waals surface area contributed by atoms with Gasteiger partial charge in [0.05, 0.1) is 4.92 Å². The zero-order valence-electron chi connectivity index (χ0n) is 10.8. The Morgan fingerprint density at radius 2 is 1.95 bits per heavy atom. The molecule has 1 saturated carbocycles. The minimum Gasteiger partial charge on any atom is -0.349 e. The van der Waals surface area contributed by atoms with E-state index in [4.69, 9.17) is 17.3 Å². The van der Waals surface area contributed by atoms with Crippen molar-refractivity contribution in [2.24, 2.45) is 5.73 Å². The van der Waals surface area contributed by atoms with Crippen LogP contribution in [0.2, 0.25) is 5.02 Å². The van der Waals surface area contributed by atoms with Crippen molar-refractivity contribution in [3.05, 3.63) is 38.9 Å². The lowest BCUT2D eigenvalue weighted by Crippen LogP contribution is -2.40. The number of hydrogen-bond donors (Lipinski definition) is 2. The molecule has 0 radical (unpaired) electrons. The maximum atomic E-state index is 12.1. The Kier molecular flexibility index (Phi) is 4.57. The number of rotatable bonds is 3. The summed E-state index contributed by atoms with van der Waals surface area (Å²) in [7, 11) is 0. The van der Waals surface area contributed by atoms with Crippen molar-refractivity contribution in [3.8, 4) is 0 Å². The first-order chi connectivity index (χ1) is 9.45. The molecule has 0 bridgehead atoms. The van der Waals surface area contributed by atoms with Crippen LogP contribution in [0.25, 0.3) is 0 Å². The summed E-state index contributed by atoms with van der Waals surface area (Å²) < 4.78 is 0. The summed E-state index contributed by atoms with van der Waals surface area (Å²) in [5, 5.41) is 13.8. The Hall–Kier alpha value is -1.66. The van der Waals surface area contributed by atoms with Crippen LogP contribution in [-0.2, 0) is 0 Å². The molecule has 6 nitrogen and oxygen atoms in total. The SMILES string of the molecule is NC1CCC(NC(=O)c2cc(Cl)cc([N+](=O)[O-])c2)CC1. The third-order valence-electron chi connectivity index (χ3n) is 3.46. The Balaban J connectivity index is 2.07. The zero-order chi connectivity index (χ0) is 14.7. The lowest BCUT2D eigenvalue weighted by molar-refractivity contribution is -0.384. The fraction of sp³-hybridized carbons (Fsp3) is 0.462. The van der Waals surface area contributed by atoms with Crippen molar-refractivity contribution in [3.63, 3.8) is 0 Å². The first kappa shape index (κ1) is 14.7. The van der Waals surface area contributed by atoms with Crippen LogP contribution in [0.4, 0.5) is 5.69 Å². The van der Waals surface area contributed by atoms with E-state index >= 15 is 0 Å². The van der Waals surface area contributed by atoms with Crippen LogP contribution in [0, 0.1) is 10.1 Å². The number of hydrogen-bond acceptors (Lipinski definition) is 4. The molecule has 1 fully saturated rings. The van der Waals surface area contributed by atoms with Gasteiger partial charge in [0.1, 0.15) is 0 Å². The number of amides is 1. The Morgan fingerprint density at radius 3 is 2.55 bits per heavy atom. The lowest BCUT2D eigenvalue weighted by atomic mass is 9.91. The standard InChI is InChI=1S/C13H16ClN3O3/c14-9-5-8(6-12(7-9)17(19)20)13(18)16-11-3-1-10(15)2-4-11/h5-7,10-11H,1-4,15H2,(H,16,18). The smallest absolute Gasteiger partial charge is 0.271 e. The molecule has 1 aromatic carbocycles. The summed E-state index contributed by atoms with van der Waals surface area (Å²) in [6.07, 6.45) is 3.41. The number of halogens is 1. The summed E-state index contributed by atoms with van der Waals surface area (Å²) >= 11 is 5.80. The van der Waals surface area contributed by atoms with Crippen molar-refractivity contribution in [2.45, 2.75) is 37.8 Å². The van der Waals surface area contributed by atoms with Crippen LogP contribution >= 0.6 is 11.6 Å². The molecule has 7 heteroatoms. The molecule has 1 aliphatic carbocycles. The molecule has 0 aliphatic heterocycles. The summed E-state index contributed by atoms with van der Waals surface area (Å²) in [6.45, 7) is 0. The van der Waals surface area contributed by atoms with Gasteiger partial charge >= 0.3 is 0 Å². The maximum Gasteiger partial charge on any atom is 0.271 e. The molecule has 108 valence electrons. The predicted molar refractivity (Wildman–Crippen MR) is 75.8 cm³/mol. The molecule has 0 aromatic heterocycles. The van der Waals surface area contributed by atoms with Gasteiger partial charge in [0.15, 0.2) is 0 Å². The van der Waals surface area contributed by atoms with Gasteiger partial charge in [-0.3, -0.25) is 14.9 Å². The van der Waals surface area contributed by atoms with E-state index in [0.717, 1.165) is 25.7 Å². The zero-order valence-corrected chi connectivity index (χ0v) is 11.6. The molecule has 0 heterocycles. The summed E-state index contributed by atoms with van der Waals surface area (Å²) in [5.41, 5.74) is 5.83. The van der Waals surface area contributed by atoms with E-state index in [1.165, 1.54) is 18.2 Å². The van der Waals surface area contributed by atoms with E-state index < -0.39 is 4.92 Å². The van der Waals surface area contributed by atoms with Crippen molar-refractivity contribution in [2.75, 3.05) is 0 Å². The Morgan fingerprint density at radius 1 is 1.30 bits per heavy atom. The second-order valence-corrected chi connectivity index (χ2v) is 5.48. The fourth-order valence-electron chi connectivity index (χ4n) is 2.34. The van der Waals surface area contributed by atoms with Crippen LogP contribution < -0.4 is 11.1 Å². The second kappa shape index (κ2) is 6.19. The highest BCUT2D eigenvalue weighted by Crippen LogP contribution is 2.22. The molecule has 0 spiro atoms. The summed E-state index contributed by atoms with van der Waals surface area (Å²) in [4.78, 5) is 22.3. The predicted octanol–water partition coefficient (Wildman–Crippen LogP) is 2.25. The van der Waals surface area contributed by atoms with Crippen LogP contribution in [0.5, 0.6) is 0 Å². The molecule has 2 rings (SSSR count). The topological polar surface area (TPSA) is 98.3 Å². The first-order valence-corrected chi connectivity index (χ1v) is 6.85. The van der Waals surface area contributed by atoms with Gasteiger partial charge in [-0.2, -0.15) is 0 Å². The molecule has 1 amide bonds. The van der Waals surface area contributed by atoms with Gasteiger partial charge in [0.2, 0.25) is 0 Å². The molecule has 1 aromatic rings. The lowest BCUT2D eigenvalue weighted by Gasteiger charge is -2.26. The van der Waals surface area contributed by atoms with E-state index in [1.807, 2.05) is 0 Å². The number of nitrogens with zero attached hydrogens (tertiary/aromatic N) is 1. The van der Waals surface area contributed by atoms with E-state index in [0.29, 0.717) is 0 Å². The minimum atomic E-state index is -0.567. The van der Waals surface area contributed by atoms with Gasteiger partial charge in [-0.05, 0) is 31.7 Å². The molecule has 0 unspecified atom stereocenters. The maximum absolute atomic E-state index is 12.1. The molecular weight excluding hydrogens is 282 g/mol. The second-order valence-electron chi connectivity index (χ2n) is 5.04. The minimum absolute atomic E-state index is 0.0698. The molecule has 1 aliphatic rings. The normalized spacial score (nSPS) is 22.3. The van der Waals surface area contributed by atoms with Gasteiger partial charge in [-0.1, -0.05) is 11.6 Å². The number of carbonyl (C=O) groups is 1. The van der Waals surface area contributed by atoms with Crippen molar-refractivity contribution >= 4 is 23.2 Å². The van der Waals surface area contributed by atoms with E-state index in [2.05, 4.69) is 5.32 Å². The fourth-order valence-corrected chi connectivity index (χ4v) is 2.57. The number of nitro groups is 1. The van der Waals surface area contributed by atoms with Crippen molar-refractivity contribution in [1.82, 2.24) is 5.32 Å². The number of carbonyl (C=O) groups excluding carboxylic acids is 1. The Bertz CT molecular complexity index is 528. The Labute approximate surface area is 121 Å². The molecule has 0 saturated heterocycles. The van der Waals surface area contributed by atoms with Gasteiger partial charge in [-0.25, -0.2) is 0 Å². The molecule has 20 heavy (non-hydrogen) atoms. The van der Waals surface area contributed by atoms with Crippen molar-refractivity contribution in [1.29, 1.82) is 0 Å². The van der Waals surface area contributed by atoms with Crippen LogP contribution in [-0.4, -0.2) is 22.9 Å². The third-order valence-corrected chi connectivity index (χ3v) is 3.68. The highest BCUT2D eigenvalue weighted by Gasteiger charge is 2.21. The van der Waals surface area contributed by atoms with E-state index in [-0.39, 0.29) is 34.3 Å². The highest BCUT2D eigenvalue weighted by molar-refractivity contribution is 6.31. The average molecular weight is 298 g/mol. The molecule has 0 atom stereocenters. The largest absolute Gasteiger partial charge is 0.349 e. The van der Waals surface area contributed by atoms with Gasteiger partial charge in [0.25, 0.3) is 11.6 Å². The van der Waals surface area contributed by atoms with Crippen LogP contribution in [0.1, 0.15) is 36.0 Å². The van der Waals surface area contributed by atoms with Crippen LogP contribution in [0.3, 0.4) is 0 Å². The third kappa shape index (κ3) is 3.68. The quantitative estimate of drug-likeness (QED) is 0.660. The van der Waals surface area contributed by atoms with Crippen molar-refractivity contribution < 1.29 is 9.72 Å². The summed E-state index contributed by atoms with van der Waals surface area (Å²) in [5.74, 6) is -0.337. The number of nitrogens with two attached hydrogens (primary N) is 1. The molecule has 3 N–H and O–H groups in total. The number of benzene rings is 1. The first-order valence-electron chi connectivity index (χ1n) is 6.47.